The van der Waals surface area contributed by atoms with Crippen LogP contribution in [0, 0.1) is 12.7 Å². The molecular weight excluding hydrogens is 353 g/mol. The minimum absolute atomic E-state index is 0.249. The number of aromatic nitrogens is 2. The number of fused-ring (bicyclic) bond motifs is 1. The van der Waals surface area contributed by atoms with E-state index in [4.69, 9.17) is 0 Å². The molecule has 0 atom stereocenters. The molecule has 4 aromatic rings. The number of hydrogen-bond donors (Lipinski definition) is 1. The number of aryl methyl sites for hydroxylation is 1. The molecule has 0 aliphatic rings. The molecular formula is C23H18FN3O. The quantitative estimate of drug-likeness (QED) is 0.567. The van der Waals surface area contributed by atoms with Crippen molar-refractivity contribution in [3.8, 4) is 11.3 Å². The Morgan fingerprint density at radius 2 is 1.86 bits per heavy atom. The van der Waals surface area contributed by atoms with E-state index in [-0.39, 0.29) is 11.7 Å². The molecule has 4 nitrogen and oxygen atoms in total. The maximum atomic E-state index is 14.3. The van der Waals surface area contributed by atoms with Crippen LogP contribution < -0.4 is 5.32 Å². The molecule has 1 N–H and O–H groups in total. The second kappa shape index (κ2) is 7.56. The van der Waals surface area contributed by atoms with Gasteiger partial charge in [0.1, 0.15) is 5.82 Å². The molecule has 4 rings (SSSR count). The molecule has 138 valence electrons. The lowest BCUT2D eigenvalue weighted by atomic mass is 10.0. The topological polar surface area (TPSA) is 54.9 Å². The zero-order valence-corrected chi connectivity index (χ0v) is 15.3. The van der Waals surface area contributed by atoms with Gasteiger partial charge in [0.25, 0.3) is 5.91 Å². The predicted molar refractivity (Wildman–Crippen MR) is 107 cm³/mol. The molecule has 5 heteroatoms. The summed E-state index contributed by atoms with van der Waals surface area (Å²) in [5.41, 5.74) is 3.69. The predicted octanol–water partition coefficient (Wildman–Crippen LogP) is 4.67. The Hall–Kier alpha value is -3.60. The van der Waals surface area contributed by atoms with E-state index in [0.29, 0.717) is 28.9 Å². The highest BCUT2D eigenvalue weighted by atomic mass is 19.1. The van der Waals surface area contributed by atoms with E-state index in [1.807, 2.05) is 43.3 Å². The summed E-state index contributed by atoms with van der Waals surface area (Å²) in [5.74, 6) is -0.623. The van der Waals surface area contributed by atoms with Gasteiger partial charge < -0.3 is 5.32 Å². The summed E-state index contributed by atoms with van der Waals surface area (Å²) in [7, 11) is 0. The first-order valence-corrected chi connectivity index (χ1v) is 8.96. The van der Waals surface area contributed by atoms with Gasteiger partial charge in [0.2, 0.25) is 0 Å². The molecule has 0 aliphatic carbocycles. The van der Waals surface area contributed by atoms with E-state index >= 15 is 0 Å². The standard InChI is InChI=1S/C23H18FN3O/c1-15-9-10-21-18(12-15)19(23(28)26-14-16-6-4-5-11-25-16)13-22(27-21)17-7-2-3-8-20(17)24/h2-13H,14H2,1H3,(H,26,28). The summed E-state index contributed by atoms with van der Waals surface area (Å²) in [6.45, 7) is 2.27. The van der Waals surface area contributed by atoms with Crippen molar-refractivity contribution in [2.24, 2.45) is 0 Å². The lowest BCUT2D eigenvalue weighted by molar-refractivity contribution is 0.0952. The van der Waals surface area contributed by atoms with Gasteiger partial charge in [0.15, 0.2) is 0 Å². The summed E-state index contributed by atoms with van der Waals surface area (Å²) >= 11 is 0. The van der Waals surface area contributed by atoms with Crippen LogP contribution in [0.4, 0.5) is 4.39 Å². The van der Waals surface area contributed by atoms with Gasteiger partial charge in [-0.1, -0.05) is 29.8 Å². The van der Waals surface area contributed by atoms with Crippen molar-refractivity contribution in [3.05, 3.63) is 95.6 Å². The Morgan fingerprint density at radius 3 is 2.64 bits per heavy atom. The summed E-state index contributed by atoms with van der Waals surface area (Å²) in [6.07, 6.45) is 1.68. The van der Waals surface area contributed by atoms with Crippen LogP contribution in [0.3, 0.4) is 0 Å². The fourth-order valence-corrected chi connectivity index (χ4v) is 3.10. The lowest BCUT2D eigenvalue weighted by Gasteiger charge is -2.11. The fourth-order valence-electron chi connectivity index (χ4n) is 3.10. The van der Waals surface area contributed by atoms with Crippen LogP contribution in [0.25, 0.3) is 22.2 Å². The van der Waals surface area contributed by atoms with Gasteiger partial charge in [-0.15, -0.1) is 0 Å². The molecule has 2 heterocycles. The summed E-state index contributed by atoms with van der Waals surface area (Å²) < 4.78 is 14.3. The molecule has 28 heavy (non-hydrogen) atoms. The molecule has 2 aromatic heterocycles. The maximum Gasteiger partial charge on any atom is 0.252 e. The van der Waals surface area contributed by atoms with Crippen molar-refractivity contribution in [3.63, 3.8) is 0 Å². The highest BCUT2D eigenvalue weighted by molar-refractivity contribution is 6.07. The number of pyridine rings is 2. The van der Waals surface area contributed by atoms with E-state index in [2.05, 4.69) is 15.3 Å². The molecule has 0 spiro atoms. The Morgan fingerprint density at radius 1 is 1.04 bits per heavy atom. The van der Waals surface area contributed by atoms with Gasteiger partial charge in [-0.3, -0.25) is 9.78 Å². The third kappa shape index (κ3) is 3.60. The molecule has 0 bridgehead atoms. The van der Waals surface area contributed by atoms with Crippen molar-refractivity contribution in [2.75, 3.05) is 0 Å². The highest BCUT2D eigenvalue weighted by Gasteiger charge is 2.16. The third-order valence-corrected chi connectivity index (χ3v) is 4.51. The van der Waals surface area contributed by atoms with E-state index in [1.165, 1.54) is 6.07 Å². The normalized spacial score (nSPS) is 10.8. The Kier molecular flexibility index (Phi) is 4.81. The second-order valence-corrected chi connectivity index (χ2v) is 6.56. The van der Waals surface area contributed by atoms with E-state index < -0.39 is 0 Å². The number of amides is 1. The van der Waals surface area contributed by atoms with Gasteiger partial charge in [-0.25, -0.2) is 9.37 Å². The van der Waals surface area contributed by atoms with Crippen molar-refractivity contribution in [2.45, 2.75) is 13.5 Å². The lowest BCUT2D eigenvalue weighted by Crippen LogP contribution is -2.23. The van der Waals surface area contributed by atoms with Crippen LogP contribution in [0.5, 0.6) is 0 Å². The van der Waals surface area contributed by atoms with Crippen molar-refractivity contribution in [1.29, 1.82) is 0 Å². The van der Waals surface area contributed by atoms with Crippen LogP contribution >= 0.6 is 0 Å². The van der Waals surface area contributed by atoms with Crippen LogP contribution in [-0.2, 0) is 6.54 Å². The van der Waals surface area contributed by atoms with Gasteiger partial charge in [-0.05, 0) is 49.4 Å². The SMILES string of the molecule is Cc1ccc2nc(-c3ccccc3F)cc(C(=O)NCc3ccccn3)c2c1. The largest absolute Gasteiger partial charge is 0.346 e. The van der Waals surface area contributed by atoms with Crippen LogP contribution in [0.1, 0.15) is 21.6 Å². The molecule has 0 radical (unpaired) electrons. The monoisotopic (exact) mass is 371 g/mol. The number of nitrogens with zero attached hydrogens (tertiary/aromatic N) is 2. The Balaban J connectivity index is 1.77. The fraction of sp³-hybridized carbons (Fsp3) is 0.0870. The molecule has 0 saturated heterocycles. The van der Waals surface area contributed by atoms with Gasteiger partial charge >= 0.3 is 0 Å². The van der Waals surface area contributed by atoms with Gasteiger partial charge in [0.05, 0.1) is 29.0 Å². The van der Waals surface area contributed by atoms with Crippen molar-refractivity contribution < 1.29 is 9.18 Å². The van der Waals surface area contributed by atoms with Crippen molar-refractivity contribution >= 4 is 16.8 Å². The number of carbonyl (C=O) groups excluding carboxylic acids is 1. The zero-order chi connectivity index (χ0) is 19.5. The molecule has 2 aromatic carbocycles. The van der Waals surface area contributed by atoms with E-state index in [1.54, 1.807) is 30.5 Å². The zero-order valence-electron chi connectivity index (χ0n) is 15.3. The molecule has 0 unspecified atom stereocenters. The highest BCUT2D eigenvalue weighted by Crippen LogP contribution is 2.27. The minimum atomic E-state index is -0.374. The number of halogens is 1. The Labute approximate surface area is 162 Å². The third-order valence-electron chi connectivity index (χ3n) is 4.51. The van der Waals surface area contributed by atoms with Crippen molar-refractivity contribution in [1.82, 2.24) is 15.3 Å². The van der Waals surface area contributed by atoms with E-state index in [9.17, 15) is 9.18 Å². The molecule has 0 fully saturated rings. The first-order valence-electron chi connectivity index (χ1n) is 8.96. The van der Waals surface area contributed by atoms with E-state index in [0.717, 1.165) is 16.6 Å². The molecule has 0 aliphatic heterocycles. The summed E-state index contributed by atoms with van der Waals surface area (Å²) in [4.78, 5) is 21.7. The first-order chi connectivity index (χ1) is 13.6. The molecule has 1 amide bonds. The number of nitrogens with one attached hydrogen (secondary N) is 1. The first kappa shape index (κ1) is 17.8. The number of benzene rings is 2. The average molecular weight is 371 g/mol. The van der Waals surface area contributed by atoms with Gasteiger partial charge in [-0.2, -0.15) is 0 Å². The number of hydrogen-bond acceptors (Lipinski definition) is 3. The maximum absolute atomic E-state index is 14.3. The smallest absolute Gasteiger partial charge is 0.252 e. The van der Waals surface area contributed by atoms with Crippen LogP contribution in [-0.4, -0.2) is 15.9 Å². The average Bonchev–Trinajstić information content (AvgIpc) is 2.72. The number of rotatable bonds is 4. The molecule has 0 saturated carbocycles. The minimum Gasteiger partial charge on any atom is -0.346 e. The number of carbonyl (C=O) groups is 1. The second-order valence-electron chi connectivity index (χ2n) is 6.56. The summed E-state index contributed by atoms with van der Waals surface area (Å²) in [5, 5.41) is 3.63. The van der Waals surface area contributed by atoms with Crippen LogP contribution in [0.15, 0.2) is 72.9 Å². The summed E-state index contributed by atoms with van der Waals surface area (Å²) in [6, 6.07) is 19.3. The van der Waals surface area contributed by atoms with Gasteiger partial charge in [0, 0.05) is 17.1 Å². The van der Waals surface area contributed by atoms with Crippen LogP contribution in [0.2, 0.25) is 0 Å². The Bertz CT molecular complexity index is 1160.